The van der Waals surface area contributed by atoms with Crippen LogP contribution in [0.15, 0.2) is 17.0 Å². The topological polar surface area (TPSA) is 43.1 Å². The highest BCUT2D eigenvalue weighted by Crippen LogP contribution is 2.53. The Morgan fingerprint density at radius 3 is 2.33 bits per heavy atom. The van der Waals surface area contributed by atoms with Gasteiger partial charge >= 0.3 is 0 Å². The van der Waals surface area contributed by atoms with Crippen LogP contribution in [0.2, 0.25) is 0 Å². The molecule has 0 radical (unpaired) electrons. The van der Waals surface area contributed by atoms with Crippen LogP contribution >= 0.6 is 24.2 Å². The molecule has 0 aromatic heterocycles. The molecule has 1 atom stereocenters. The average molecular weight is 328 g/mol. The van der Waals surface area contributed by atoms with Gasteiger partial charge in [-0.2, -0.15) is 0 Å². The Labute approximate surface area is 138 Å². The van der Waals surface area contributed by atoms with Crippen LogP contribution in [0.5, 0.6) is 0 Å². The lowest BCUT2D eigenvalue weighted by Gasteiger charge is -2.27. The van der Waals surface area contributed by atoms with Gasteiger partial charge in [0.05, 0.1) is 0 Å². The maximum atomic E-state index is 11.7. The molecule has 1 amide bonds. The second-order valence-electron chi connectivity index (χ2n) is 7.25. The van der Waals surface area contributed by atoms with E-state index in [9.17, 15) is 4.79 Å². The van der Waals surface area contributed by atoms with Crippen molar-refractivity contribution < 1.29 is 4.79 Å². The summed E-state index contributed by atoms with van der Waals surface area (Å²) < 4.78 is 0. The second kappa shape index (κ2) is 5.85. The highest BCUT2D eigenvalue weighted by atomic mass is 35.5. The zero-order valence-electron chi connectivity index (χ0n) is 13.7. The van der Waals surface area contributed by atoms with Crippen LogP contribution in [0.4, 0.5) is 0 Å². The molecule has 1 aliphatic heterocycles. The van der Waals surface area contributed by atoms with Crippen LogP contribution in [0.3, 0.4) is 0 Å². The molecule has 0 saturated heterocycles. The van der Waals surface area contributed by atoms with Crippen LogP contribution in [0.1, 0.15) is 69.4 Å². The minimum atomic E-state index is -0.334. The van der Waals surface area contributed by atoms with E-state index in [-0.39, 0.29) is 29.1 Å². The van der Waals surface area contributed by atoms with Crippen molar-refractivity contribution in [3.63, 3.8) is 0 Å². The van der Waals surface area contributed by atoms with Crippen molar-refractivity contribution in [2.45, 2.75) is 68.9 Å². The van der Waals surface area contributed by atoms with Crippen molar-refractivity contribution in [2.75, 3.05) is 0 Å². The van der Waals surface area contributed by atoms with Gasteiger partial charge in [-0.1, -0.05) is 41.5 Å². The molecule has 1 heterocycles. The molecule has 118 valence electrons. The largest absolute Gasteiger partial charge is 0.366 e. The van der Waals surface area contributed by atoms with Crippen molar-refractivity contribution in [1.82, 2.24) is 0 Å². The first kappa shape index (κ1) is 18.4. The average Bonchev–Trinajstić information content (AvgIpc) is 2.58. The predicted octanol–water partition coefficient (Wildman–Crippen LogP) is 4.67. The molecular weight excluding hydrogens is 302 g/mol. The summed E-state index contributed by atoms with van der Waals surface area (Å²) in [5.74, 6) is -0.334. The third kappa shape index (κ3) is 3.09. The van der Waals surface area contributed by atoms with E-state index in [1.807, 2.05) is 23.9 Å². The fraction of sp³-hybridized carbons (Fsp3) is 0.588. The number of hydrogen-bond acceptors (Lipinski definition) is 2. The molecule has 2 N–H and O–H groups in total. The van der Waals surface area contributed by atoms with E-state index in [0.717, 1.165) is 6.42 Å². The fourth-order valence-corrected chi connectivity index (χ4v) is 4.80. The minimum absolute atomic E-state index is 0. The maximum absolute atomic E-state index is 11.7. The Bertz CT molecular complexity index is 561. The molecule has 1 aliphatic rings. The molecule has 0 spiro atoms. The van der Waals surface area contributed by atoms with Gasteiger partial charge < -0.3 is 5.73 Å². The lowest BCUT2D eigenvalue weighted by molar-refractivity contribution is 0.1000. The third-order valence-electron chi connectivity index (χ3n) is 4.31. The number of amides is 1. The first-order valence-electron chi connectivity index (χ1n) is 7.24. The van der Waals surface area contributed by atoms with Crippen molar-refractivity contribution in [1.29, 1.82) is 0 Å². The Hall–Kier alpha value is -0.670. The standard InChI is InChI=1S/C17H25NOS.ClH/c1-7-13-17(5,6)12-9-10(15(18)19)8-11(14(12)20-13)16(2,3)4;/h8-9,13H,7H2,1-6H3,(H2,18,19);1H. The van der Waals surface area contributed by atoms with E-state index < -0.39 is 0 Å². The predicted molar refractivity (Wildman–Crippen MR) is 93.9 cm³/mol. The summed E-state index contributed by atoms with van der Waals surface area (Å²) in [6, 6.07) is 4.00. The van der Waals surface area contributed by atoms with Crippen LogP contribution < -0.4 is 5.73 Å². The normalized spacial score (nSPS) is 19.8. The molecule has 0 bridgehead atoms. The van der Waals surface area contributed by atoms with Gasteiger partial charge in [-0.3, -0.25) is 4.79 Å². The summed E-state index contributed by atoms with van der Waals surface area (Å²) in [7, 11) is 0. The van der Waals surface area contributed by atoms with Gasteiger partial charge in [0, 0.05) is 21.1 Å². The van der Waals surface area contributed by atoms with E-state index in [1.165, 1.54) is 16.0 Å². The summed E-state index contributed by atoms with van der Waals surface area (Å²) in [5.41, 5.74) is 8.80. The monoisotopic (exact) mass is 327 g/mol. The second-order valence-corrected chi connectivity index (χ2v) is 8.46. The summed E-state index contributed by atoms with van der Waals surface area (Å²) in [5, 5.41) is 0.557. The third-order valence-corrected chi connectivity index (χ3v) is 6.19. The van der Waals surface area contributed by atoms with Crippen molar-refractivity contribution in [3.05, 3.63) is 28.8 Å². The van der Waals surface area contributed by atoms with Gasteiger partial charge in [-0.15, -0.1) is 24.2 Å². The molecule has 2 nitrogen and oxygen atoms in total. The van der Waals surface area contributed by atoms with Gasteiger partial charge in [0.15, 0.2) is 0 Å². The van der Waals surface area contributed by atoms with Gasteiger partial charge in [0.25, 0.3) is 0 Å². The number of benzene rings is 1. The molecule has 4 heteroatoms. The Morgan fingerprint density at radius 1 is 1.33 bits per heavy atom. The molecule has 1 aromatic carbocycles. The highest BCUT2D eigenvalue weighted by Gasteiger charge is 2.42. The molecule has 1 unspecified atom stereocenters. The van der Waals surface area contributed by atoms with Gasteiger partial charge in [0.1, 0.15) is 0 Å². The van der Waals surface area contributed by atoms with Gasteiger partial charge in [0.2, 0.25) is 5.91 Å². The van der Waals surface area contributed by atoms with Crippen molar-refractivity contribution >= 4 is 30.1 Å². The summed E-state index contributed by atoms with van der Waals surface area (Å²) in [6.45, 7) is 13.4. The fourth-order valence-electron chi connectivity index (χ4n) is 2.99. The van der Waals surface area contributed by atoms with Crippen LogP contribution in [0.25, 0.3) is 0 Å². The van der Waals surface area contributed by atoms with Gasteiger partial charge in [-0.05, 0) is 35.1 Å². The quantitative estimate of drug-likeness (QED) is 0.858. The van der Waals surface area contributed by atoms with Crippen molar-refractivity contribution in [3.8, 4) is 0 Å². The lowest BCUT2D eigenvalue weighted by Crippen LogP contribution is -2.27. The highest BCUT2D eigenvalue weighted by molar-refractivity contribution is 8.00. The van der Waals surface area contributed by atoms with Crippen LogP contribution in [-0.4, -0.2) is 11.2 Å². The maximum Gasteiger partial charge on any atom is 0.248 e. The van der Waals surface area contributed by atoms with Crippen molar-refractivity contribution in [2.24, 2.45) is 5.73 Å². The van der Waals surface area contributed by atoms with Crippen LogP contribution in [-0.2, 0) is 10.8 Å². The smallest absolute Gasteiger partial charge is 0.248 e. The number of thioether (sulfide) groups is 1. The molecule has 0 saturated carbocycles. The first-order chi connectivity index (χ1) is 9.09. The Kier molecular flexibility index (Phi) is 5.12. The Morgan fingerprint density at radius 2 is 1.90 bits per heavy atom. The van der Waals surface area contributed by atoms with E-state index >= 15 is 0 Å². The van der Waals surface area contributed by atoms with Gasteiger partial charge in [-0.25, -0.2) is 0 Å². The summed E-state index contributed by atoms with van der Waals surface area (Å²) in [6.07, 6.45) is 1.13. The molecule has 0 fully saturated rings. The van der Waals surface area contributed by atoms with Crippen LogP contribution in [0, 0.1) is 0 Å². The molecule has 1 aromatic rings. The van der Waals surface area contributed by atoms with E-state index in [4.69, 9.17) is 5.73 Å². The first-order valence-corrected chi connectivity index (χ1v) is 8.12. The number of hydrogen-bond donors (Lipinski definition) is 1. The number of carbonyl (C=O) groups excluding carboxylic acids is 1. The van der Waals surface area contributed by atoms with E-state index in [1.54, 1.807) is 0 Å². The number of carbonyl (C=O) groups is 1. The van der Waals surface area contributed by atoms with E-state index in [2.05, 4.69) is 41.5 Å². The molecule has 21 heavy (non-hydrogen) atoms. The van der Waals surface area contributed by atoms with E-state index in [0.29, 0.717) is 10.8 Å². The molecule has 2 rings (SSSR count). The zero-order chi connectivity index (χ0) is 15.3. The minimum Gasteiger partial charge on any atom is -0.366 e. The number of primary amides is 1. The SMILES string of the molecule is CCC1Sc2c(C(C)(C)C)cc(C(N)=O)cc2C1(C)C.Cl. The Balaban J connectivity index is 0.00000220. The molecule has 0 aliphatic carbocycles. The number of rotatable bonds is 2. The number of nitrogens with two attached hydrogens (primary N) is 1. The number of fused-ring (bicyclic) bond motifs is 1. The number of halogens is 1. The zero-order valence-corrected chi connectivity index (χ0v) is 15.4. The summed E-state index contributed by atoms with van der Waals surface area (Å²) >= 11 is 1.96. The molecular formula is C17H26ClNOS. The lowest BCUT2D eigenvalue weighted by atomic mass is 9.76. The summed E-state index contributed by atoms with van der Waals surface area (Å²) in [4.78, 5) is 13.0.